The maximum absolute atomic E-state index is 12.6. The lowest BCUT2D eigenvalue weighted by Gasteiger charge is -2.13. The lowest BCUT2D eigenvalue weighted by Crippen LogP contribution is -2.29. The van der Waals surface area contributed by atoms with Crippen LogP contribution in [0.5, 0.6) is 11.6 Å². The second-order valence-corrected chi connectivity index (χ2v) is 7.15. The second kappa shape index (κ2) is 7.30. The van der Waals surface area contributed by atoms with E-state index in [2.05, 4.69) is 10.2 Å². The van der Waals surface area contributed by atoms with E-state index in [1.165, 1.54) is 4.90 Å². The first-order valence-electron chi connectivity index (χ1n) is 8.63. The number of aromatic nitrogens is 2. The van der Waals surface area contributed by atoms with Crippen LogP contribution in [0.4, 0.5) is 0 Å². The predicted octanol–water partition coefficient (Wildman–Crippen LogP) is 4.87. The number of H-pyrrole nitrogens is 1. The van der Waals surface area contributed by atoms with Crippen LogP contribution in [0.15, 0.2) is 42.5 Å². The van der Waals surface area contributed by atoms with E-state index in [0.29, 0.717) is 44.9 Å². The lowest BCUT2D eigenvalue weighted by atomic mass is 10.1. The Kier molecular flexibility index (Phi) is 4.83. The van der Waals surface area contributed by atoms with Crippen molar-refractivity contribution < 1.29 is 14.3 Å². The van der Waals surface area contributed by atoms with Crippen LogP contribution in [0.3, 0.4) is 0 Å². The number of benzene rings is 2. The first-order chi connectivity index (χ1) is 13.5. The van der Waals surface area contributed by atoms with Gasteiger partial charge in [0.05, 0.1) is 23.4 Å². The molecule has 4 rings (SSSR count). The molecule has 0 bridgehead atoms. The van der Waals surface area contributed by atoms with Crippen molar-refractivity contribution in [1.82, 2.24) is 15.1 Å². The molecule has 1 N–H and O–H groups in total. The van der Waals surface area contributed by atoms with E-state index >= 15 is 0 Å². The van der Waals surface area contributed by atoms with Gasteiger partial charge in [0.25, 0.3) is 11.8 Å². The van der Waals surface area contributed by atoms with Crippen LogP contribution < -0.4 is 4.74 Å². The average Bonchev–Trinajstić information content (AvgIpc) is 3.15. The Labute approximate surface area is 171 Å². The number of amides is 2. The van der Waals surface area contributed by atoms with Crippen LogP contribution in [0, 0.1) is 0 Å². The van der Waals surface area contributed by atoms with E-state index in [0.717, 1.165) is 5.56 Å². The number of carbonyl (C=O) groups excluding carboxylic acids is 2. The fourth-order valence-electron chi connectivity index (χ4n) is 3.20. The van der Waals surface area contributed by atoms with Gasteiger partial charge in [0.1, 0.15) is 5.75 Å². The zero-order chi connectivity index (χ0) is 19.8. The Hall–Kier alpha value is -2.83. The van der Waals surface area contributed by atoms with Gasteiger partial charge in [0.15, 0.2) is 0 Å². The highest BCUT2D eigenvalue weighted by Crippen LogP contribution is 2.32. The van der Waals surface area contributed by atoms with Gasteiger partial charge in [-0.25, -0.2) is 5.10 Å². The molecule has 2 heterocycles. The minimum atomic E-state index is -0.324. The molecule has 1 aromatic heterocycles. The Morgan fingerprint density at radius 2 is 1.64 bits per heavy atom. The Morgan fingerprint density at radius 1 is 1.04 bits per heavy atom. The van der Waals surface area contributed by atoms with Crippen LogP contribution in [0.25, 0.3) is 0 Å². The molecular weight excluding hydrogens is 401 g/mol. The molecule has 2 amide bonds. The van der Waals surface area contributed by atoms with Gasteiger partial charge in [-0.1, -0.05) is 42.3 Å². The summed E-state index contributed by atoms with van der Waals surface area (Å²) in [5, 5.41) is 7.99. The zero-order valence-electron chi connectivity index (χ0n) is 14.8. The fourth-order valence-corrected chi connectivity index (χ4v) is 3.71. The molecule has 0 aliphatic carbocycles. The van der Waals surface area contributed by atoms with Gasteiger partial charge in [-0.15, -0.1) is 0 Å². The van der Waals surface area contributed by atoms with Crippen LogP contribution in [-0.2, 0) is 13.0 Å². The highest BCUT2D eigenvalue weighted by atomic mass is 35.5. The molecule has 1 aliphatic heterocycles. The van der Waals surface area contributed by atoms with E-state index in [1.54, 1.807) is 42.5 Å². The number of nitrogens with one attached hydrogen (secondary N) is 1. The van der Waals surface area contributed by atoms with Crippen LogP contribution in [0.2, 0.25) is 10.0 Å². The minimum Gasteiger partial charge on any atom is -0.439 e. The van der Waals surface area contributed by atoms with Gasteiger partial charge in [0, 0.05) is 15.6 Å². The van der Waals surface area contributed by atoms with Crippen LogP contribution in [0.1, 0.15) is 38.9 Å². The highest BCUT2D eigenvalue weighted by molar-refractivity contribution is 6.34. The Balaban J connectivity index is 1.60. The van der Waals surface area contributed by atoms with Gasteiger partial charge < -0.3 is 4.74 Å². The molecule has 6 nitrogen and oxygen atoms in total. The summed E-state index contributed by atoms with van der Waals surface area (Å²) in [5.74, 6) is 0.236. The summed E-state index contributed by atoms with van der Waals surface area (Å²) in [7, 11) is 0. The van der Waals surface area contributed by atoms with Crippen molar-refractivity contribution in [3.8, 4) is 11.6 Å². The first-order valence-corrected chi connectivity index (χ1v) is 9.38. The van der Waals surface area contributed by atoms with Crippen molar-refractivity contribution >= 4 is 35.0 Å². The summed E-state index contributed by atoms with van der Waals surface area (Å²) in [5.41, 5.74) is 2.16. The Morgan fingerprint density at radius 3 is 2.21 bits per heavy atom. The van der Waals surface area contributed by atoms with Crippen molar-refractivity contribution in [2.24, 2.45) is 0 Å². The van der Waals surface area contributed by atoms with Gasteiger partial charge in [-0.2, -0.15) is 5.10 Å². The molecular formula is C20H15Cl2N3O3. The van der Waals surface area contributed by atoms with Gasteiger partial charge in [-0.05, 0) is 36.8 Å². The lowest BCUT2D eigenvalue weighted by molar-refractivity contribution is 0.0640. The van der Waals surface area contributed by atoms with Crippen molar-refractivity contribution in [2.45, 2.75) is 19.9 Å². The summed E-state index contributed by atoms with van der Waals surface area (Å²) < 4.78 is 5.85. The summed E-state index contributed by atoms with van der Waals surface area (Å²) in [6.07, 6.45) is 0.596. The SMILES string of the molecule is CCc1c(CN2C(=O)c3ccccc3C2=O)n[nH]c1Oc1cc(Cl)cc(Cl)c1. The van der Waals surface area contributed by atoms with E-state index in [9.17, 15) is 9.59 Å². The number of rotatable bonds is 5. The van der Waals surface area contributed by atoms with Crippen molar-refractivity contribution in [2.75, 3.05) is 0 Å². The molecule has 0 fully saturated rings. The number of carbonyl (C=O) groups is 2. The number of imide groups is 1. The summed E-state index contributed by atoms with van der Waals surface area (Å²) in [6, 6.07) is 11.7. The molecule has 0 radical (unpaired) electrons. The van der Waals surface area contributed by atoms with Crippen molar-refractivity contribution in [3.05, 3.63) is 74.9 Å². The molecule has 8 heteroatoms. The molecule has 3 aromatic rings. The number of hydrogen-bond donors (Lipinski definition) is 1. The quantitative estimate of drug-likeness (QED) is 0.603. The van der Waals surface area contributed by atoms with Crippen LogP contribution in [-0.4, -0.2) is 26.9 Å². The number of hydrogen-bond acceptors (Lipinski definition) is 4. The number of halogens is 2. The molecule has 2 aromatic carbocycles. The molecule has 1 aliphatic rings. The summed E-state index contributed by atoms with van der Waals surface area (Å²) in [4.78, 5) is 26.4. The summed E-state index contributed by atoms with van der Waals surface area (Å²) in [6.45, 7) is 2.00. The van der Waals surface area contributed by atoms with Gasteiger partial charge >= 0.3 is 0 Å². The number of nitrogens with zero attached hydrogens (tertiary/aromatic N) is 2. The van der Waals surface area contributed by atoms with Gasteiger partial charge in [-0.3, -0.25) is 14.5 Å². The molecule has 0 unspecified atom stereocenters. The topological polar surface area (TPSA) is 75.3 Å². The third-order valence-corrected chi connectivity index (χ3v) is 4.95. The average molecular weight is 416 g/mol. The van der Waals surface area contributed by atoms with Gasteiger partial charge in [0.2, 0.25) is 5.88 Å². The maximum Gasteiger partial charge on any atom is 0.261 e. The highest BCUT2D eigenvalue weighted by Gasteiger charge is 2.36. The standard InChI is InChI=1S/C20H15Cl2N3O3/c1-2-14-17(10-25-19(26)15-5-3-4-6-16(15)20(25)27)23-24-18(14)28-13-8-11(21)7-12(22)9-13/h3-9H,2,10H2,1H3,(H,23,24). The molecule has 142 valence electrons. The number of ether oxygens (including phenoxy) is 1. The number of fused-ring (bicyclic) bond motifs is 1. The molecule has 0 atom stereocenters. The zero-order valence-corrected chi connectivity index (χ0v) is 16.3. The Bertz CT molecular complexity index is 1040. The summed E-state index contributed by atoms with van der Waals surface area (Å²) >= 11 is 12.0. The van der Waals surface area contributed by atoms with Crippen LogP contribution >= 0.6 is 23.2 Å². The minimum absolute atomic E-state index is 0.0612. The molecule has 0 saturated heterocycles. The fraction of sp³-hybridized carbons (Fsp3) is 0.150. The van der Waals surface area contributed by atoms with E-state index in [-0.39, 0.29) is 18.4 Å². The van der Waals surface area contributed by atoms with E-state index < -0.39 is 0 Å². The number of aromatic amines is 1. The smallest absolute Gasteiger partial charge is 0.261 e. The molecule has 0 spiro atoms. The van der Waals surface area contributed by atoms with Crippen molar-refractivity contribution in [3.63, 3.8) is 0 Å². The third kappa shape index (κ3) is 3.25. The van der Waals surface area contributed by atoms with E-state index in [4.69, 9.17) is 27.9 Å². The molecule has 0 saturated carbocycles. The monoisotopic (exact) mass is 415 g/mol. The molecule has 28 heavy (non-hydrogen) atoms. The maximum atomic E-state index is 12.6. The van der Waals surface area contributed by atoms with Crippen molar-refractivity contribution in [1.29, 1.82) is 0 Å². The predicted molar refractivity (Wildman–Crippen MR) is 105 cm³/mol. The first kappa shape index (κ1) is 18.5. The second-order valence-electron chi connectivity index (χ2n) is 6.28. The largest absolute Gasteiger partial charge is 0.439 e. The third-order valence-electron chi connectivity index (χ3n) is 4.51. The van der Waals surface area contributed by atoms with E-state index in [1.807, 2.05) is 6.92 Å². The normalized spacial score (nSPS) is 13.2.